The second-order valence-corrected chi connectivity index (χ2v) is 4.06. The summed E-state index contributed by atoms with van der Waals surface area (Å²) in [6.45, 7) is 4.82. The minimum absolute atomic E-state index is 0.0643. The quantitative estimate of drug-likeness (QED) is 0.425. The van der Waals surface area contributed by atoms with Crippen molar-refractivity contribution in [1.82, 2.24) is 10.2 Å². The van der Waals surface area contributed by atoms with E-state index in [1.807, 2.05) is 18.7 Å². The van der Waals surface area contributed by atoms with E-state index in [1.54, 1.807) is 0 Å². The minimum atomic E-state index is 0.0643. The van der Waals surface area contributed by atoms with E-state index >= 15 is 0 Å². The molecular formula is C6H11IN2O. The maximum atomic E-state index is 11.0. The van der Waals surface area contributed by atoms with E-state index in [9.17, 15) is 4.79 Å². The van der Waals surface area contributed by atoms with Gasteiger partial charge in [-0.05, 0) is 13.8 Å². The third-order valence-electron chi connectivity index (χ3n) is 1.51. The molecule has 3 nitrogen and oxygen atoms in total. The summed E-state index contributed by atoms with van der Waals surface area (Å²) in [5.41, 5.74) is 0. The molecule has 4 heteroatoms. The molecule has 1 saturated heterocycles. The van der Waals surface area contributed by atoms with E-state index in [-0.39, 0.29) is 6.03 Å². The first-order valence-electron chi connectivity index (χ1n) is 3.33. The highest BCUT2D eigenvalue weighted by Crippen LogP contribution is 2.16. The van der Waals surface area contributed by atoms with Crippen LogP contribution in [0.4, 0.5) is 4.79 Å². The van der Waals surface area contributed by atoms with Crippen LogP contribution in [-0.2, 0) is 0 Å². The number of halogens is 1. The smallest absolute Gasteiger partial charge is 0.318 e. The van der Waals surface area contributed by atoms with Crippen LogP contribution >= 0.6 is 22.6 Å². The fraction of sp³-hybridized carbons (Fsp3) is 0.833. The molecule has 0 saturated carbocycles. The molecule has 0 unspecified atom stereocenters. The molecule has 0 spiro atoms. The van der Waals surface area contributed by atoms with E-state index in [0.717, 1.165) is 6.54 Å². The van der Waals surface area contributed by atoms with Gasteiger partial charge in [-0.25, -0.2) is 4.79 Å². The van der Waals surface area contributed by atoms with Crippen LogP contribution in [0.15, 0.2) is 0 Å². The van der Waals surface area contributed by atoms with Gasteiger partial charge in [-0.15, -0.1) is 0 Å². The monoisotopic (exact) mass is 254 g/mol. The molecule has 1 heterocycles. The Morgan fingerprint density at radius 3 is 2.60 bits per heavy atom. The van der Waals surface area contributed by atoms with Crippen LogP contribution in [0.5, 0.6) is 0 Å². The largest absolute Gasteiger partial charge is 0.335 e. The van der Waals surface area contributed by atoms with Crippen molar-refractivity contribution in [1.29, 1.82) is 0 Å². The van der Waals surface area contributed by atoms with Gasteiger partial charge in [0.1, 0.15) is 4.05 Å². The highest BCUT2D eigenvalue weighted by atomic mass is 127. The summed E-state index contributed by atoms with van der Waals surface area (Å²) in [5, 5.41) is 2.78. The van der Waals surface area contributed by atoms with E-state index < -0.39 is 0 Å². The molecule has 58 valence electrons. The van der Waals surface area contributed by atoms with Gasteiger partial charge in [-0.2, -0.15) is 0 Å². The molecule has 0 aromatic rings. The molecule has 1 fully saturated rings. The van der Waals surface area contributed by atoms with Gasteiger partial charge in [0, 0.05) is 12.6 Å². The predicted molar refractivity (Wildman–Crippen MR) is 48.2 cm³/mol. The Hall–Kier alpha value is 0. The Balaban J connectivity index is 2.63. The highest BCUT2D eigenvalue weighted by molar-refractivity contribution is 14.1. The lowest BCUT2D eigenvalue weighted by molar-refractivity contribution is 0.204. The van der Waals surface area contributed by atoms with Crippen LogP contribution < -0.4 is 5.32 Å². The zero-order chi connectivity index (χ0) is 7.72. The lowest BCUT2D eigenvalue weighted by Gasteiger charge is -2.22. The Morgan fingerprint density at radius 1 is 1.80 bits per heavy atom. The second kappa shape index (κ2) is 2.94. The van der Waals surface area contributed by atoms with E-state index in [1.165, 1.54) is 0 Å². The average Bonchev–Trinajstić information content (AvgIpc) is 2.11. The number of rotatable bonds is 1. The summed E-state index contributed by atoms with van der Waals surface area (Å²) >= 11 is 2.27. The number of amides is 2. The number of nitrogens with one attached hydrogen (secondary N) is 1. The molecule has 1 aliphatic rings. The minimum Gasteiger partial charge on any atom is -0.335 e. The summed E-state index contributed by atoms with van der Waals surface area (Å²) in [5.74, 6) is 0. The van der Waals surface area contributed by atoms with Crippen LogP contribution in [0.2, 0.25) is 0 Å². The van der Waals surface area contributed by atoms with Gasteiger partial charge in [-0.3, -0.25) is 0 Å². The summed E-state index contributed by atoms with van der Waals surface area (Å²) in [7, 11) is 0. The van der Waals surface area contributed by atoms with Crippen LogP contribution in [-0.4, -0.2) is 27.6 Å². The normalized spacial score (nSPS) is 25.8. The van der Waals surface area contributed by atoms with E-state index in [4.69, 9.17) is 0 Å². The Labute approximate surface area is 74.3 Å². The SMILES string of the molecule is CC(C)N1C(=O)NC[C@@H]1I. The first-order chi connectivity index (χ1) is 4.63. The van der Waals surface area contributed by atoms with Crippen molar-refractivity contribution in [3.63, 3.8) is 0 Å². The molecule has 0 bridgehead atoms. The molecule has 1 rings (SSSR count). The highest BCUT2D eigenvalue weighted by Gasteiger charge is 2.29. The molecule has 10 heavy (non-hydrogen) atoms. The maximum Gasteiger partial charge on any atom is 0.318 e. The van der Waals surface area contributed by atoms with Gasteiger partial charge < -0.3 is 10.2 Å². The summed E-state index contributed by atoms with van der Waals surface area (Å²) in [4.78, 5) is 12.9. The van der Waals surface area contributed by atoms with Gasteiger partial charge in [0.05, 0.1) is 0 Å². The second-order valence-electron chi connectivity index (χ2n) is 2.62. The first kappa shape index (κ1) is 8.10. The average molecular weight is 254 g/mol. The first-order valence-corrected chi connectivity index (χ1v) is 4.57. The Bertz CT molecular complexity index is 149. The zero-order valence-corrected chi connectivity index (χ0v) is 8.25. The summed E-state index contributed by atoms with van der Waals surface area (Å²) < 4.78 is 0.324. The lowest BCUT2D eigenvalue weighted by Crippen LogP contribution is -2.36. The maximum absolute atomic E-state index is 11.0. The van der Waals surface area contributed by atoms with Gasteiger partial charge in [0.15, 0.2) is 0 Å². The number of nitrogens with zero attached hydrogens (tertiary/aromatic N) is 1. The molecule has 1 aliphatic heterocycles. The van der Waals surface area contributed by atoms with Crippen molar-refractivity contribution in [2.24, 2.45) is 0 Å². The molecule has 1 N–H and O–H groups in total. The molecule has 2 amide bonds. The number of carbonyl (C=O) groups excluding carboxylic acids is 1. The van der Waals surface area contributed by atoms with Crippen LogP contribution in [0.25, 0.3) is 0 Å². The van der Waals surface area contributed by atoms with Crippen LogP contribution in [0.3, 0.4) is 0 Å². The predicted octanol–water partition coefficient (Wildman–Crippen LogP) is 1.18. The Morgan fingerprint density at radius 2 is 2.40 bits per heavy atom. The standard InChI is InChI=1S/C6H11IN2O/c1-4(2)9-5(7)3-8-6(9)10/h4-5H,3H2,1-2H3,(H,8,10)/t5-/m1/s1. The zero-order valence-electron chi connectivity index (χ0n) is 6.10. The number of carbonyl (C=O) groups is 1. The van der Waals surface area contributed by atoms with Crippen molar-refractivity contribution in [2.75, 3.05) is 6.54 Å². The Kier molecular flexibility index (Phi) is 2.38. The van der Waals surface area contributed by atoms with Crippen molar-refractivity contribution in [3.05, 3.63) is 0 Å². The van der Waals surface area contributed by atoms with Crippen molar-refractivity contribution in [3.8, 4) is 0 Å². The molecule has 0 aromatic carbocycles. The number of hydrogen-bond acceptors (Lipinski definition) is 1. The van der Waals surface area contributed by atoms with E-state index in [2.05, 4.69) is 27.9 Å². The third-order valence-corrected chi connectivity index (χ3v) is 2.55. The number of alkyl halides is 1. The number of urea groups is 1. The van der Waals surface area contributed by atoms with Gasteiger partial charge in [0.25, 0.3) is 0 Å². The fourth-order valence-electron chi connectivity index (χ4n) is 1.05. The molecule has 0 radical (unpaired) electrons. The van der Waals surface area contributed by atoms with Crippen LogP contribution in [0.1, 0.15) is 13.8 Å². The molecule has 0 aromatic heterocycles. The van der Waals surface area contributed by atoms with Gasteiger partial charge in [0.2, 0.25) is 0 Å². The molecular weight excluding hydrogens is 243 g/mol. The summed E-state index contributed by atoms with van der Waals surface area (Å²) in [6.07, 6.45) is 0. The van der Waals surface area contributed by atoms with Crippen molar-refractivity contribution < 1.29 is 4.79 Å². The molecule has 0 aliphatic carbocycles. The topological polar surface area (TPSA) is 32.3 Å². The number of hydrogen-bond donors (Lipinski definition) is 1. The van der Waals surface area contributed by atoms with Gasteiger partial charge in [-0.1, -0.05) is 22.6 Å². The van der Waals surface area contributed by atoms with Crippen LogP contribution in [0, 0.1) is 0 Å². The molecule has 1 atom stereocenters. The summed E-state index contributed by atoms with van der Waals surface area (Å²) in [6, 6.07) is 0.374. The lowest BCUT2D eigenvalue weighted by atomic mass is 10.3. The van der Waals surface area contributed by atoms with E-state index in [0.29, 0.717) is 10.1 Å². The van der Waals surface area contributed by atoms with Crippen molar-refractivity contribution >= 4 is 28.6 Å². The van der Waals surface area contributed by atoms with Crippen molar-refractivity contribution in [2.45, 2.75) is 23.9 Å². The fourth-order valence-corrected chi connectivity index (χ4v) is 2.16. The van der Waals surface area contributed by atoms with Gasteiger partial charge >= 0.3 is 6.03 Å². The third kappa shape index (κ3) is 1.36.